The zero-order chi connectivity index (χ0) is 12.3. The molecule has 0 spiro atoms. The van der Waals surface area contributed by atoms with E-state index < -0.39 is 0 Å². The van der Waals surface area contributed by atoms with Gasteiger partial charge in [0.25, 0.3) is 0 Å². The van der Waals surface area contributed by atoms with Crippen LogP contribution in [-0.2, 0) is 4.74 Å². The quantitative estimate of drug-likeness (QED) is 0.856. The number of anilines is 1. The second-order valence-corrected chi connectivity index (χ2v) is 5.24. The lowest BCUT2D eigenvalue weighted by atomic mass is 9.88. The van der Waals surface area contributed by atoms with Crippen LogP contribution >= 0.6 is 0 Å². The van der Waals surface area contributed by atoms with Gasteiger partial charge in [-0.3, -0.25) is 0 Å². The van der Waals surface area contributed by atoms with Gasteiger partial charge in [0.2, 0.25) is 5.82 Å². The van der Waals surface area contributed by atoms with E-state index in [1.807, 2.05) is 13.8 Å². The third-order valence-corrected chi connectivity index (χ3v) is 2.11. The van der Waals surface area contributed by atoms with E-state index in [1.165, 1.54) is 0 Å². The predicted octanol–water partition coefficient (Wildman–Crippen LogP) is 2.62. The third-order valence-electron chi connectivity index (χ3n) is 2.11. The number of ether oxygens (including phenoxy) is 1. The molecule has 1 N–H and O–H groups in total. The lowest BCUT2D eigenvalue weighted by Crippen LogP contribution is -2.21. The lowest BCUT2D eigenvalue weighted by molar-refractivity contribution is 0.00718. The third kappa shape index (κ3) is 3.20. The SMILES string of the molecule is COC(c1noc(NC(C)C)n1)C(C)(C)C. The Balaban J connectivity index is 2.83. The highest BCUT2D eigenvalue weighted by Crippen LogP contribution is 2.34. The van der Waals surface area contributed by atoms with Crippen LogP contribution in [0.1, 0.15) is 46.5 Å². The summed E-state index contributed by atoms with van der Waals surface area (Å²) in [5.74, 6) is 0.582. The van der Waals surface area contributed by atoms with Crippen molar-refractivity contribution < 1.29 is 9.26 Å². The Bertz CT molecular complexity index is 328. The number of hydrogen-bond acceptors (Lipinski definition) is 5. The van der Waals surface area contributed by atoms with Crippen LogP contribution in [0.25, 0.3) is 0 Å². The van der Waals surface area contributed by atoms with Gasteiger partial charge in [0.15, 0.2) is 0 Å². The van der Waals surface area contributed by atoms with E-state index in [1.54, 1.807) is 7.11 Å². The van der Waals surface area contributed by atoms with Crippen LogP contribution in [-0.4, -0.2) is 23.3 Å². The fourth-order valence-corrected chi connectivity index (χ4v) is 1.49. The Morgan fingerprint density at radius 2 is 1.94 bits per heavy atom. The molecule has 0 saturated heterocycles. The molecular weight excluding hydrogens is 206 g/mol. The van der Waals surface area contributed by atoms with Crippen LogP contribution in [0.4, 0.5) is 6.01 Å². The van der Waals surface area contributed by atoms with Crippen molar-refractivity contribution in [2.75, 3.05) is 12.4 Å². The molecule has 1 unspecified atom stereocenters. The summed E-state index contributed by atoms with van der Waals surface area (Å²) in [4.78, 5) is 4.27. The fourth-order valence-electron chi connectivity index (χ4n) is 1.49. The topological polar surface area (TPSA) is 60.2 Å². The Hall–Kier alpha value is -1.10. The second kappa shape index (κ2) is 4.82. The molecule has 1 atom stereocenters. The number of hydrogen-bond donors (Lipinski definition) is 1. The molecule has 0 radical (unpaired) electrons. The number of aromatic nitrogens is 2. The van der Waals surface area contributed by atoms with Gasteiger partial charge in [-0.1, -0.05) is 25.9 Å². The highest BCUT2D eigenvalue weighted by atomic mass is 16.5. The first kappa shape index (κ1) is 13.0. The molecule has 16 heavy (non-hydrogen) atoms. The van der Waals surface area contributed by atoms with Crippen molar-refractivity contribution in [3.05, 3.63) is 5.82 Å². The molecule has 0 amide bonds. The number of nitrogens with one attached hydrogen (secondary N) is 1. The van der Waals surface area contributed by atoms with Crippen molar-refractivity contribution in [2.24, 2.45) is 5.41 Å². The standard InChI is InChI=1S/C11H21N3O2/c1-7(2)12-10-13-9(14-16-10)8(15-6)11(3,4)5/h7-8H,1-6H3,(H,12,13,14). The van der Waals surface area contributed by atoms with Gasteiger partial charge in [-0.15, -0.1) is 0 Å². The van der Waals surface area contributed by atoms with Gasteiger partial charge in [-0.2, -0.15) is 4.98 Å². The summed E-state index contributed by atoms with van der Waals surface area (Å²) in [7, 11) is 1.65. The summed E-state index contributed by atoms with van der Waals surface area (Å²) in [5.41, 5.74) is -0.0618. The Kier molecular flexibility index (Phi) is 3.91. The Labute approximate surface area is 96.6 Å². The molecule has 0 fully saturated rings. The summed E-state index contributed by atoms with van der Waals surface area (Å²) in [5, 5.41) is 6.99. The molecule has 92 valence electrons. The van der Waals surface area contributed by atoms with Gasteiger partial charge in [-0.25, -0.2) is 0 Å². The number of nitrogens with zero attached hydrogens (tertiary/aromatic N) is 2. The average Bonchev–Trinajstić information content (AvgIpc) is 2.50. The van der Waals surface area contributed by atoms with Crippen molar-refractivity contribution >= 4 is 6.01 Å². The van der Waals surface area contributed by atoms with Gasteiger partial charge in [0.1, 0.15) is 6.10 Å². The molecule has 5 heteroatoms. The normalized spacial score (nSPS) is 14.2. The van der Waals surface area contributed by atoms with Gasteiger partial charge >= 0.3 is 6.01 Å². The van der Waals surface area contributed by atoms with Crippen LogP contribution in [0.3, 0.4) is 0 Å². The van der Waals surface area contributed by atoms with Crippen LogP contribution < -0.4 is 5.32 Å². The maximum absolute atomic E-state index is 5.41. The zero-order valence-electron chi connectivity index (χ0n) is 10.9. The Morgan fingerprint density at radius 1 is 1.31 bits per heavy atom. The summed E-state index contributed by atoms with van der Waals surface area (Å²) in [6, 6.07) is 0.709. The molecule has 1 heterocycles. The molecule has 1 rings (SSSR count). The second-order valence-electron chi connectivity index (χ2n) is 5.24. The van der Waals surface area contributed by atoms with Gasteiger partial charge in [0.05, 0.1) is 0 Å². The van der Waals surface area contributed by atoms with E-state index in [2.05, 4.69) is 36.2 Å². The summed E-state index contributed by atoms with van der Waals surface area (Å²) in [6.45, 7) is 10.3. The average molecular weight is 227 g/mol. The van der Waals surface area contributed by atoms with Crippen molar-refractivity contribution in [3.8, 4) is 0 Å². The summed E-state index contributed by atoms with van der Waals surface area (Å²) < 4.78 is 10.5. The molecule has 0 aliphatic rings. The van der Waals surface area contributed by atoms with Crippen molar-refractivity contribution in [2.45, 2.75) is 46.8 Å². The lowest BCUT2D eigenvalue weighted by Gasteiger charge is -2.26. The van der Waals surface area contributed by atoms with Gasteiger partial charge in [-0.05, 0) is 19.3 Å². The van der Waals surface area contributed by atoms with E-state index in [9.17, 15) is 0 Å². The first-order valence-electron chi connectivity index (χ1n) is 5.47. The molecular formula is C11H21N3O2. The first-order valence-corrected chi connectivity index (χ1v) is 5.47. The fraction of sp³-hybridized carbons (Fsp3) is 0.818. The molecule has 0 aromatic carbocycles. The summed E-state index contributed by atoms with van der Waals surface area (Å²) in [6.07, 6.45) is -0.168. The Morgan fingerprint density at radius 3 is 2.38 bits per heavy atom. The maximum atomic E-state index is 5.41. The van der Waals surface area contributed by atoms with Crippen LogP contribution in [0, 0.1) is 5.41 Å². The minimum atomic E-state index is -0.168. The molecule has 0 aliphatic heterocycles. The van der Waals surface area contributed by atoms with Crippen LogP contribution in [0.15, 0.2) is 4.52 Å². The largest absolute Gasteiger partial charge is 0.373 e. The first-order chi connectivity index (χ1) is 7.34. The van der Waals surface area contributed by atoms with E-state index in [0.717, 1.165) is 0 Å². The molecule has 0 aliphatic carbocycles. The van der Waals surface area contributed by atoms with E-state index in [-0.39, 0.29) is 17.6 Å². The molecule has 0 bridgehead atoms. The smallest absolute Gasteiger partial charge is 0.321 e. The summed E-state index contributed by atoms with van der Waals surface area (Å²) >= 11 is 0. The van der Waals surface area contributed by atoms with Gasteiger partial charge in [0, 0.05) is 13.2 Å². The van der Waals surface area contributed by atoms with Crippen LogP contribution in [0.5, 0.6) is 0 Å². The highest BCUT2D eigenvalue weighted by Gasteiger charge is 2.30. The van der Waals surface area contributed by atoms with E-state index in [4.69, 9.17) is 9.26 Å². The monoisotopic (exact) mass is 227 g/mol. The van der Waals surface area contributed by atoms with E-state index in [0.29, 0.717) is 11.8 Å². The molecule has 0 saturated carbocycles. The molecule has 1 aromatic heterocycles. The molecule has 5 nitrogen and oxygen atoms in total. The minimum Gasteiger partial charge on any atom is -0.373 e. The van der Waals surface area contributed by atoms with Crippen LogP contribution in [0.2, 0.25) is 0 Å². The number of rotatable bonds is 4. The van der Waals surface area contributed by atoms with Crippen molar-refractivity contribution in [3.63, 3.8) is 0 Å². The molecule has 1 aromatic rings. The zero-order valence-corrected chi connectivity index (χ0v) is 10.9. The van der Waals surface area contributed by atoms with Gasteiger partial charge < -0.3 is 14.6 Å². The van der Waals surface area contributed by atoms with Crippen molar-refractivity contribution in [1.82, 2.24) is 10.1 Å². The van der Waals surface area contributed by atoms with E-state index >= 15 is 0 Å². The minimum absolute atomic E-state index is 0.0618. The maximum Gasteiger partial charge on any atom is 0.321 e. The number of methoxy groups -OCH3 is 1. The predicted molar refractivity (Wildman–Crippen MR) is 62.3 cm³/mol. The highest BCUT2D eigenvalue weighted by molar-refractivity contribution is 5.20. The van der Waals surface area contributed by atoms with Crippen molar-refractivity contribution in [1.29, 1.82) is 0 Å².